The van der Waals surface area contributed by atoms with Crippen molar-refractivity contribution in [1.82, 2.24) is 0 Å². The van der Waals surface area contributed by atoms with Gasteiger partial charge in [0.2, 0.25) is 0 Å². The summed E-state index contributed by atoms with van der Waals surface area (Å²) in [6.45, 7) is 7.69. The highest BCUT2D eigenvalue weighted by molar-refractivity contribution is 6.09. The first-order chi connectivity index (χ1) is 12.8. The van der Waals surface area contributed by atoms with E-state index in [4.69, 9.17) is 4.74 Å². The normalized spacial score (nSPS) is 18.6. The first kappa shape index (κ1) is 19.1. The molecule has 1 heterocycles. The molecule has 1 aliphatic heterocycles. The van der Waals surface area contributed by atoms with Crippen molar-refractivity contribution in [1.29, 1.82) is 0 Å². The summed E-state index contributed by atoms with van der Waals surface area (Å²) < 4.78 is 5.84. The van der Waals surface area contributed by atoms with Crippen LogP contribution in [0.4, 0.5) is 5.69 Å². The van der Waals surface area contributed by atoms with Gasteiger partial charge in [0, 0.05) is 12.0 Å². The molecule has 27 heavy (non-hydrogen) atoms. The van der Waals surface area contributed by atoms with E-state index in [0.29, 0.717) is 24.4 Å². The van der Waals surface area contributed by atoms with Crippen molar-refractivity contribution in [3.63, 3.8) is 0 Å². The molecule has 142 valence electrons. The Morgan fingerprint density at radius 1 is 1.07 bits per heavy atom. The number of Topliss-reactive ketones (excluding diaryl/α,β-unsaturated/α-hetero) is 1. The fourth-order valence-electron chi connectivity index (χ4n) is 3.80. The zero-order chi connectivity index (χ0) is 19.8. The smallest absolute Gasteiger partial charge is 0.264 e. The summed E-state index contributed by atoms with van der Waals surface area (Å²) in [7, 11) is 0. The van der Waals surface area contributed by atoms with Crippen molar-refractivity contribution in [3.8, 4) is 5.75 Å². The summed E-state index contributed by atoms with van der Waals surface area (Å²) in [6, 6.07) is 11.5. The minimum absolute atomic E-state index is 0.224. The van der Waals surface area contributed by atoms with Crippen LogP contribution in [0.2, 0.25) is 0 Å². The Morgan fingerprint density at radius 2 is 1.74 bits per heavy atom. The Labute approximate surface area is 159 Å². The average Bonchev–Trinajstić information content (AvgIpc) is 2.82. The van der Waals surface area contributed by atoms with Crippen LogP contribution in [-0.4, -0.2) is 29.9 Å². The van der Waals surface area contributed by atoms with Gasteiger partial charge in [0.1, 0.15) is 18.1 Å². The van der Waals surface area contributed by atoms with Gasteiger partial charge in [0.05, 0.1) is 12.2 Å². The molecular formula is C22H25NO4. The number of hydrogen-bond donors (Lipinski definition) is 1. The van der Waals surface area contributed by atoms with E-state index in [1.807, 2.05) is 57.2 Å². The minimum Gasteiger partial charge on any atom is -0.491 e. The van der Waals surface area contributed by atoms with Crippen LogP contribution in [0.1, 0.15) is 35.6 Å². The van der Waals surface area contributed by atoms with Gasteiger partial charge >= 0.3 is 0 Å². The second-order valence-electron chi connectivity index (χ2n) is 7.23. The lowest BCUT2D eigenvalue weighted by atomic mass is 9.86. The van der Waals surface area contributed by atoms with Crippen LogP contribution in [0.15, 0.2) is 36.4 Å². The highest BCUT2D eigenvalue weighted by Gasteiger charge is 2.51. The number of carbonyl (C=O) groups is 2. The lowest BCUT2D eigenvalue weighted by molar-refractivity contribution is -0.141. The van der Waals surface area contributed by atoms with Gasteiger partial charge in [0.15, 0.2) is 5.60 Å². The zero-order valence-corrected chi connectivity index (χ0v) is 16.2. The van der Waals surface area contributed by atoms with Crippen LogP contribution < -0.4 is 9.64 Å². The van der Waals surface area contributed by atoms with Crippen molar-refractivity contribution in [2.75, 3.05) is 18.1 Å². The molecule has 0 fully saturated rings. The molecule has 0 saturated heterocycles. The van der Waals surface area contributed by atoms with Gasteiger partial charge in [-0.25, -0.2) is 0 Å². The summed E-state index contributed by atoms with van der Waals surface area (Å²) in [4.78, 5) is 26.4. The Balaban J connectivity index is 1.91. The van der Waals surface area contributed by atoms with Crippen molar-refractivity contribution < 1.29 is 19.4 Å². The fourth-order valence-corrected chi connectivity index (χ4v) is 3.80. The molecule has 0 aliphatic carbocycles. The topological polar surface area (TPSA) is 66.8 Å². The van der Waals surface area contributed by atoms with E-state index in [0.717, 1.165) is 22.4 Å². The number of nitrogens with zero attached hydrogens (tertiary/aromatic N) is 1. The predicted octanol–water partition coefficient (Wildman–Crippen LogP) is 3.20. The first-order valence-electron chi connectivity index (χ1n) is 9.08. The van der Waals surface area contributed by atoms with Crippen LogP contribution >= 0.6 is 0 Å². The lowest BCUT2D eigenvalue weighted by Crippen LogP contribution is -2.43. The molecule has 1 amide bonds. The number of fused-ring (bicyclic) bond motifs is 1. The van der Waals surface area contributed by atoms with Crippen molar-refractivity contribution in [3.05, 3.63) is 58.7 Å². The minimum atomic E-state index is -1.81. The molecule has 0 bridgehead atoms. The number of hydrogen-bond acceptors (Lipinski definition) is 4. The highest BCUT2D eigenvalue weighted by atomic mass is 16.5. The average molecular weight is 367 g/mol. The number of anilines is 1. The van der Waals surface area contributed by atoms with E-state index in [-0.39, 0.29) is 12.2 Å². The van der Waals surface area contributed by atoms with Crippen LogP contribution in [0, 0.1) is 20.8 Å². The van der Waals surface area contributed by atoms with Gasteiger partial charge in [-0.1, -0.05) is 30.3 Å². The van der Waals surface area contributed by atoms with Gasteiger partial charge in [-0.2, -0.15) is 0 Å². The third-order valence-corrected chi connectivity index (χ3v) is 5.04. The Hall–Kier alpha value is -2.66. The molecule has 5 nitrogen and oxygen atoms in total. The van der Waals surface area contributed by atoms with Gasteiger partial charge in [0.25, 0.3) is 5.91 Å². The van der Waals surface area contributed by atoms with Crippen molar-refractivity contribution in [2.45, 2.75) is 39.7 Å². The highest BCUT2D eigenvalue weighted by Crippen LogP contribution is 2.46. The second-order valence-corrected chi connectivity index (χ2v) is 7.23. The van der Waals surface area contributed by atoms with E-state index >= 15 is 0 Å². The maximum absolute atomic E-state index is 13.1. The standard InChI is InChI=1S/C22H25NO4/c1-14-7-5-6-8-18(14)27-12-11-23-20-16(3)10-9-15(2)19(20)22(26,21(23)25)13-17(4)24/h5-10,26H,11-13H2,1-4H3. The van der Waals surface area contributed by atoms with E-state index in [2.05, 4.69) is 0 Å². The summed E-state index contributed by atoms with van der Waals surface area (Å²) in [5, 5.41) is 11.2. The largest absolute Gasteiger partial charge is 0.491 e. The van der Waals surface area contributed by atoms with Crippen LogP contribution in [0.25, 0.3) is 0 Å². The molecule has 3 rings (SSSR count). The second kappa shape index (κ2) is 7.16. The molecule has 0 saturated carbocycles. The van der Waals surface area contributed by atoms with E-state index in [1.165, 1.54) is 6.92 Å². The lowest BCUT2D eigenvalue weighted by Gasteiger charge is -2.23. The number of benzene rings is 2. The number of ketones is 1. The number of carbonyl (C=O) groups excluding carboxylic acids is 2. The van der Waals surface area contributed by atoms with Gasteiger partial charge in [-0.3, -0.25) is 9.59 Å². The molecule has 0 aromatic heterocycles. The molecule has 1 N–H and O–H groups in total. The number of ether oxygens (including phenoxy) is 1. The predicted molar refractivity (Wildman–Crippen MR) is 104 cm³/mol. The van der Waals surface area contributed by atoms with Crippen LogP contribution in [0.5, 0.6) is 5.75 Å². The number of amides is 1. The van der Waals surface area contributed by atoms with Gasteiger partial charge in [-0.15, -0.1) is 0 Å². The molecule has 2 aromatic rings. The van der Waals surface area contributed by atoms with Gasteiger partial charge < -0.3 is 14.7 Å². The van der Waals surface area contributed by atoms with Gasteiger partial charge in [-0.05, 0) is 50.5 Å². The quantitative estimate of drug-likeness (QED) is 0.851. The van der Waals surface area contributed by atoms with E-state index in [9.17, 15) is 14.7 Å². The first-order valence-corrected chi connectivity index (χ1v) is 9.08. The number of aryl methyl sites for hydroxylation is 3. The maximum Gasteiger partial charge on any atom is 0.264 e. The van der Waals surface area contributed by atoms with Crippen molar-refractivity contribution >= 4 is 17.4 Å². The number of aliphatic hydroxyl groups is 1. The molecule has 2 aromatic carbocycles. The third kappa shape index (κ3) is 3.35. The zero-order valence-electron chi connectivity index (χ0n) is 16.2. The molecular weight excluding hydrogens is 342 g/mol. The monoisotopic (exact) mass is 367 g/mol. The third-order valence-electron chi connectivity index (χ3n) is 5.04. The molecule has 0 spiro atoms. The summed E-state index contributed by atoms with van der Waals surface area (Å²) in [5.41, 5.74) is 2.13. The molecule has 1 unspecified atom stereocenters. The molecule has 0 radical (unpaired) electrons. The summed E-state index contributed by atoms with van der Waals surface area (Å²) in [5.74, 6) is 0.0820. The summed E-state index contributed by atoms with van der Waals surface area (Å²) in [6.07, 6.45) is -0.224. The molecule has 1 atom stereocenters. The Kier molecular flexibility index (Phi) is 5.07. The number of rotatable bonds is 6. The Morgan fingerprint density at radius 3 is 2.41 bits per heavy atom. The van der Waals surface area contributed by atoms with E-state index in [1.54, 1.807) is 4.90 Å². The maximum atomic E-state index is 13.1. The number of para-hydroxylation sites is 1. The fraction of sp³-hybridized carbons (Fsp3) is 0.364. The SMILES string of the molecule is CC(=O)CC1(O)C(=O)N(CCOc2ccccc2C)c2c(C)ccc(C)c21. The molecule has 5 heteroatoms. The van der Waals surface area contributed by atoms with Crippen LogP contribution in [0.3, 0.4) is 0 Å². The van der Waals surface area contributed by atoms with Crippen LogP contribution in [-0.2, 0) is 15.2 Å². The summed E-state index contributed by atoms with van der Waals surface area (Å²) >= 11 is 0. The Bertz CT molecular complexity index is 905. The molecule has 1 aliphatic rings. The van der Waals surface area contributed by atoms with Crippen molar-refractivity contribution in [2.24, 2.45) is 0 Å². The van der Waals surface area contributed by atoms with E-state index < -0.39 is 11.5 Å².